The summed E-state index contributed by atoms with van der Waals surface area (Å²) in [5, 5.41) is 9.84. The van der Waals surface area contributed by atoms with Gasteiger partial charge in [-0.05, 0) is 62.7 Å². The standard InChI is InChI=1S/C20H30O2/c1-5-18(2)12-9-15-14(13-18)7-8-16-19(15,3)10-6-11-20(16,4)17(21)22/h5,13,15-16H,1,6-12H2,2-4H3,(H,21,22)/t15?,16-,18-,19+,20-/m1/s1. The fourth-order valence-corrected chi connectivity index (χ4v) is 5.94. The van der Waals surface area contributed by atoms with Crippen LogP contribution in [0.5, 0.6) is 0 Å². The van der Waals surface area contributed by atoms with Crippen molar-refractivity contribution in [3.63, 3.8) is 0 Å². The lowest BCUT2D eigenvalue weighted by atomic mass is 9.45. The monoisotopic (exact) mass is 302 g/mol. The van der Waals surface area contributed by atoms with Crippen LogP contribution in [0.15, 0.2) is 24.3 Å². The maximum absolute atomic E-state index is 12.0. The van der Waals surface area contributed by atoms with Crippen LogP contribution in [0.3, 0.4) is 0 Å². The average Bonchev–Trinajstić information content (AvgIpc) is 2.46. The molecule has 0 aliphatic heterocycles. The van der Waals surface area contributed by atoms with Gasteiger partial charge in [0.2, 0.25) is 0 Å². The van der Waals surface area contributed by atoms with Gasteiger partial charge in [0.25, 0.3) is 0 Å². The molecule has 0 aromatic heterocycles. The van der Waals surface area contributed by atoms with Crippen LogP contribution in [0.25, 0.3) is 0 Å². The van der Waals surface area contributed by atoms with Crippen molar-refractivity contribution in [2.45, 2.75) is 65.7 Å². The molecule has 3 aliphatic rings. The molecular weight excluding hydrogens is 272 g/mol. The highest BCUT2D eigenvalue weighted by Crippen LogP contribution is 2.63. The van der Waals surface area contributed by atoms with Crippen molar-refractivity contribution in [1.82, 2.24) is 0 Å². The lowest BCUT2D eigenvalue weighted by Crippen LogP contribution is -2.54. The van der Waals surface area contributed by atoms with E-state index in [4.69, 9.17) is 0 Å². The molecule has 1 unspecified atom stereocenters. The molecule has 5 atom stereocenters. The Kier molecular flexibility index (Phi) is 3.58. The highest BCUT2D eigenvalue weighted by Gasteiger charge is 2.58. The van der Waals surface area contributed by atoms with E-state index in [0.29, 0.717) is 11.8 Å². The number of carboxylic acids is 1. The maximum atomic E-state index is 12.0. The van der Waals surface area contributed by atoms with Crippen molar-refractivity contribution in [1.29, 1.82) is 0 Å². The fraction of sp³-hybridized carbons (Fsp3) is 0.750. The molecule has 0 aromatic rings. The number of fused-ring (bicyclic) bond motifs is 3. The van der Waals surface area contributed by atoms with Gasteiger partial charge < -0.3 is 5.11 Å². The van der Waals surface area contributed by atoms with Gasteiger partial charge in [0, 0.05) is 5.41 Å². The summed E-state index contributed by atoms with van der Waals surface area (Å²) < 4.78 is 0. The number of carbonyl (C=O) groups is 1. The summed E-state index contributed by atoms with van der Waals surface area (Å²) >= 11 is 0. The van der Waals surface area contributed by atoms with Gasteiger partial charge in [-0.3, -0.25) is 4.79 Å². The predicted molar refractivity (Wildman–Crippen MR) is 89.5 cm³/mol. The average molecular weight is 302 g/mol. The second-order valence-electron chi connectivity index (χ2n) is 8.69. The lowest BCUT2D eigenvalue weighted by Gasteiger charge is -2.59. The highest BCUT2D eigenvalue weighted by atomic mass is 16.4. The van der Waals surface area contributed by atoms with E-state index in [9.17, 15) is 9.90 Å². The van der Waals surface area contributed by atoms with Crippen molar-refractivity contribution in [2.75, 3.05) is 0 Å². The second-order valence-corrected chi connectivity index (χ2v) is 8.69. The zero-order chi connectivity index (χ0) is 16.2. The number of allylic oxidation sites excluding steroid dienone is 3. The molecule has 0 heterocycles. The molecule has 122 valence electrons. The van der Waals surface area contributed by atoms with Gasteiger partial charge in [-0.15, -0.1) is 6.58 Å². The van der Waals surface area contributed by atoms with E-state index in [1.165, 1.54) is 12.8 Å². The summed E-state index contributed by atoms with van der Waals surface area (Å²) in [7, 11) is 0. The van der Waals surface area contributed by atoms with E-state index in [0.717, 1.165) is 32.1 Å². The first-order chi connectivity index (χ1) is 10.3. The van der Waals surface area contributed by atoms with Crippen molar-refractivity contribution < 1.29 is 9.90 Å². The van der Waals surface area contributed by atoms with Crippen LogP contribution in [-0.2, 0) is 4.79 Å². The molecule has 0 saturated heterocycles. The lowest BCUT2D eigenvalue weighted by molar-refractivity contribution is -0.164. The Morgan fingerprint density at radius 3 is 2.64 bits per heavy atom. The molecule has 0 bridgehead atoms. The normalized spacial score (nSPS) is 47.9. The van der Waals surface area contributed by atoms with Gasteiger partial charge >= 0.3 is 5.97 Å². The van der Waals surface area contributed by atoms with E-state index in [1.54, 1.807) is 5.57 Å². The van der Waals surface area contributed by atoms with Gasteiger partial charge in [0.1, 0.15) is 0 Å². The molecule has 2 fully saturated rings. The van der Waals surface area contributed by atoms with Crippen LogP contribution in [-0.4, -0.2) is 11.1 Å². The molecule has 0 spiro atoms. The van der Waals surface area contributed by atoms with E-state index in [1.807, 2.05) is 6.92 Å². The molecule has 3 aliphatic carbocycles. The maximum Gasteiger partial charge on any atom is 0.309 e. The number of carboxylic acid groups (broad SMARTS) is 1. The zero-order valence-electron chi connectivity index (χ0n) is 14.3. The number of aliphatic carboxylic acids is 1. The zero-order valence-corrected chi connectivity index (χ0v) is 14.3. The fourth-order valence-electron chi connectivity index (χ4n) is 5.94. The van der Waals surface area contributed by atoms with Crippen LogP contribution in [0, 0.1) is 28.1 Å². The third kappa shape index (κ3) is 2.10. The minimum atomic E-state index is -0.581. The van der Waals surface area contributed by atoms with Gasteiger partial charge in [-0.25, -0.2) is 0 Å². The SMILES string of the molecule is C=C[C@@]1(C)C=C2CC[C@H]3[C@](C)(C(=O)O)CCC[C@@]3(C)C2CC1. The summed E-state index contributed by atoms with van der Waals surface area (Å²) in [6.45, 7) is 10.7. The Morgan fingerprint density at radius 1 is 1.27 bits per heavy atom. The van der Waals surface area contributed by atoms with Gasteiger partial charge in [0.05, 0.1) is 5.41 Å². The van der Waals surface area contributed by atoms with Crippen molar-refractivity contribution in [3.8, 4) is 0 Å². The summed E-state index contributed by atoms with van der Waals surface area (Å²) in [6, 6.07) is 0. The van der Waals surface area contributed by atoms with E-state index in [2.05, 4.69) is 32.6 Å². The number of hydrogen-bond acceptors (Lipinski definition) is 1. The first-order valence-corrected chi connectivity index (χ1v) is 8.84. The molecular formula is C20H30O2. The summed E-state index contributed by atoms with van der Waals surface area (Å²) in [5.41, 5.74) is 1.36. The van der Waals surface area contributed by atoms with Gasteiger partial charge in [-0.2, -0.15) is 0 Å². The number of hydrogen-bond donors (Lipinski definition) is 1. The van der Waals surface area contributed by atoms with Crippen LogP contribution in [0.1, 0.15) is 65.7 Å². The first kappa shape index (κ1) is 15.8. The minimum Gasteiger partial charge on any atom is -0.481 e. The first-order valence-electron chi connectivity index (χ1n) is 8.84. The predicted octanol–water partition coefficient (Wildman–Crippen LogP) is 5.21. The second kappa shape index (κ2) is 4.97. The van der Waals surface area contributed by atoms with Gasteiger partial charge in [-0.1, -0.05) is 38.0 Å². The van der Waals surface area contributed by atoms with E-state index >= 15 is 0 Å². The van der Waals surface area contributed by atoms with Crippen molar-refractivity contribution in [2.24, 2.45) is 28.1 Å². The smallest absolute Gasteiger partial charge is 0.309 e. The third-order valence-corrected chi connectivity index (χ3v) is 7.38. The molecule has 2 heteroatoms. The van der Waals surface area contributed by atoms with Crippen LogP contribution >= 0.6 is 0 Å². The van der Waals surface area contributed by atoms with Crippen LogP contribution < -0.4 is 0 Å². The summed E-state index contributed by atoms with van der Waals surface area (Å²) in [4.78, 5) is 12.0. The summed E-state index contributed by atoms with van der Waals surface area (Å²) in [6.07, 6.45) is 12.1. The van der Waals surface area contributed by atoms with E-state index in [-0.39, 0.29) is 10.8 Å². The Labute approximate surface area is 134 Å². The topological polar surface area (TPSA) is 37.3 Å². The minimum absolute atomic E-state index is 0.139. The van der Waals surface area contributed by atoms with E-state index < -0.39 is 11.4 Å². The van der Waals surface area contributed by atoms with Crippen LogP contribution in [0.4, 0.5) is 0 Å². The third-order valence-electron chi connectivity index (χ3n) is 7.38. The molecule has 2 saturated carbocycles. The molecule has 0 aromatic carbocycles. The quantitative estimate of drug-likeness (QED) is 0.711. The highest BCUT2D eigenvalue weighted by molar-refractivity contribution is 5.75. The Hall–Kier alpha value is -1.05. The number of rotatable bonds is 2. The molecule has 22 heavy (non-hydrogen) atoms. The van der Waals surface area contributed by atoms with Gasteiger partial charge in [0.15, 0.2) is 0 Å². The summed E-state index contributed by atoms with van der Waals surface area (Å²) in [5.74, 6) is 0.322. The van der Waals surface area contributed by atoms with Crippen LogP contribution in [0.2, 0.25) is 0 Å². The largest absolute Gasteiger partial charge is 0.481 e. The molecule has 1 N–H and O–H groups in total. The van der Waals surface area contributed by atoms with Crippen molar-refractivity contribution >= 4 is 5.97 Å². The molecule has 0 radical (unpaired) electrons. The Balaban J connectivity index is 1.99. The Bertz CT molecular complexity index is 534. The molecule has 2 nitrogen and oxygen atoms in total. The Morgan fingerprint density at radius 2 is 2.00 bits per heavy atom. The van der Waals surface area contributed by atoms with Crippen molar-refractivity contribution in [3.05, 3.63) is 24.3 Å². The molecule has 3 rings (SSSR count). The molecule has 0 amide bonds.